The van der Waals surface area contributed by atoms with Crippen molar-refractivity contribution in [3.8, 4) is 39.8 Å². The topological polar surface area (TPSA) is 141 Å². The molecule has 6 rings (SSSR count). The van der Waals surface area contributed by atoms with Crippen molar-refractivity contribution in [1.29, 1.82) is 0 Å². The highest BCUT2D eigenvalue weighted by Crippen LogP contribution is 2.36. The predicted octanol–water partition coefficient (Wildman–Crippen LogP) is 4.69. The largest absolute Gasteiger partial charge is 0.497 e. The van der Waals surface area contributed by atoms with E-state index in [1.54, 1.807) is 23.9 Å². The van der Waals surface area contributed by atoms with Crippen LogP contribution < -0.4 is 19.8 Å². The van der Waals surface area contributed by atoms with E-state index in [1.165, 1.54) is 0 Å². The Morgan fingerprint density at radius 1 is 1.02 bits per heavy atom. The molecule has 0 saturated heterocycles. The number of aromatic amines is 1. The van der Waals surface area contributed by atoms with E-state index in [0.717, 1.165) is 48.1 Å². The van der Waals surface area contributed by atoms with Gasteiger partial charge in [-0.1, -0.05) is 35.5 Å². The molecule has 3 aromatic carbocycles. The number of ether oxygens (including phenoxy) is 3. The Morgan fingerprint density at radius 3 is 2.57 bits per heavy atom. The number of aromatic nitrogens is 5. The Balaban J connectivity index is 1.38. The average molecular weight is 568 g/mol. The van der Waals surface area contributed by atoms with Gasteiger partial charge >= 0.3 is 5.97 Å². The van der Waals surface area contributed by atoms with Crippen LogP contribution in [0.4, 0.5) is 0 Å². The number of H-pyrrole nitrogens is 1. The summed E-state index contributed by atoms with van der Waals surface area (Å²) in [4.78, 5) is 31.7. The zero-order chi connectivity index (χ0) is 29.1. The molecule has 42 heavy (non-hydrogen) atoms. The Labute approximate surface area is 240 Å². The Morgan fingerprint density at radius 2 is 1.81 bits per heavy atom. The van der Waals surface area contributed by atoms with Crippen molar-refractivity contribution < 1.29 is 24.1 Å². The van der Waals surface area contributed by atoms with Crippen molar-refractivity contribution >= 4 is 17.1 Å². The van der Waals surface area contributed by atoms with Crippen LogP contribution >= 0.6 is 0 Å². The normalized spacial score (nSPS) is 13.4. The van der Waals surface area contributed by atoms with Crippen molar-refractivity contribution in [3.63, 3.8) is 0 Å². The molecule has 2 heterocycles. The molecule has 0 unspecified atom stereocenters. The number of methoxy groups -OCH3 is 1. The number of benzene rings is 3. The van der Waals surface area contributed by atoms with Crippen molar-refractivity contribution in [3.05, 3.63) is 82.6 Å². The number of fused-ring (bicyclic) bond motifs is 1. The highest BCUT2D eigenvalue weighted by molar-refractivity contribution is 5.77. The van der Waals surface area contributed by atoms with Crippen molar-refractivity contribution in [2.75, 3.05) is 13.7 Å². The molecule has 5 aromatic rings. The number of nitrogens with one attached hydrogen (secondary N) is 1. The highest BCUT2D eigenvalue weighted by atomic mass is 16.5. The lowest BCUT2D eigenvalue weighted by Crippen LogP contribution is -2.14. The molecule has 0 amide bonds. The minimum atomic E-state index is -1.05. The van der Waals surface area contributed by atoms with Crippen LogP contribution in [0.3, 0.4) is 0 Å². The van der Waals surface area contributed by atoms with Gasteiger partial charge in [0.25, 0.3) is 5.56 Å². The van der Waals surface area contributed by atoms with Gasteiger partial charge in [-0.2, -0.15) is 0 Å². The van der Waals surface area contributed by atoms with Crippen molar-refractivity contribution in [2.24, 2.45) is 0 Å². The van der Waals surface area contributed by atoms with E-state index in [-0.39, 0.29) is 11.6 Å². The summed E-state index contributed by atoms with van der Waals surface area (Å²) >= 11 is 0. The lowest BCUT2D eigenvalue weighted by Gasteiger charge is -2.18. The number of nitrogens with zero attached hydrogens (tertiary/aromatic N) is 4. The third-order valence-electron chi connectivity index (χ3n) is 7.23. The zero-order valence-electron chi connectivity index (χ0n) is 22.9. The summed E-state index contributed by atoms with van der Waals surface area (Å²) in [7, 11) is 1.61. The summed E-state index contributed by atoms with van der Waals surface area (Å²) in [6.45, 7) is -0.0507. The lowest BCUT2D eigenvalue weighted by atomic mass is 10.0. The fourth-order valence-electron chi connectivity index (χ4n) is 5.10. The van der Waals surface area contributed by atoms with Gasteiger partial charge < -0.3 is 24.3 Å². The van der Waals surface area contributed by atoms with Gasteiger partial charge in [0, 0.05) is 0 Å². The van der Waals surface area contributed by atoms with Gasteiger partial charge in [-0.15, -0.1) is 5.10 Å². The second-order valence-corrected chi connectivity index (χ2v) is 10.1. The fourth-order valence-corrected chi connectivity index (χ4v) is 5.10. The van der Waals surface area contributed by atoms with Crippen LogP contribution in [0.25, 0.3) is 33.7 Å². The van der Waals surface area contributed by atoms with Gasteiger partial charge in [0.2, 0.25) is 0 Å². The predicted molar refractivity (Wildman–Crippen MR) is 155 cm³/mol. The molecule has 2 aromatic heterocycles. The molecule has 11 heteroatoms. The second-order valence-electron chi connectivity index (χ2n) is 10.1. The van der Waals surface area contributed by atoms with E-state index < -0.39 is 18.1 Å². The first-order valence-electron chi connectivity index (χ1n) is 13.7. The van der Waals surface area contributed by atoms with Crippen molar-refractivity contribution in [2.45, 2.75) is 38.3 Å². The number of rotatable bonds is 10. The maximum absolute atomic E-state index is 13.1. The Bertz CT molecular complexity index is 1790. The molecule has 0 radical (unpaired) electrons. The first-order chi connectivity index (χ1) is 20.5. The van der Waals surface area contributed by atoms with Gasteiger partial charge in [-0.25, -0.2) is 14.5 Å². The SMILES string of the molecule is COc1ccc(Cn2nnc3c(=O)[nH]c(-c4ccc(-c5cccc(OCC(=O)O)c5)cc4OC4CCCC4)nc32)cc1. The van der Waals surface area contributed by atoms with E-state index in [2.05, 4.69) is 15.3 Å². The van der Waals surface area contributed by atoms with Crippen LogP contribution in [0, 0.1) is 0 Å². The van der Waals surface area contributed by atoms with E-state index in [0.29, 0.717) is 35.1 Å². The van der Waals surface area contributed by atoms with Crippen LogP contribution in [0.1, 0.15) is 31.2 Å². The summed E-state index contributed by atoms with van der Waals surface area (Å²) in [5, 5.41) is 17.2. The summed E-state index contributed by atoms with van der Waals surface area (Å²) in [6, 6.07) is 20.5. The number of aliphatic carboxylic acids is 1. The summed E-state index contributed by atoms with van der Waals surface area (Å²) < 4.78 is 18.7. The van der Waals surface area contributed by atoms with Crippen molar-refractivity contribution in [1.82, 2.24) is 25.0 Å². The van der Waals surface area contributed by atoms with E-state index >= 15 is 0 Å². The smallest absolute Gasteiger partial charge is 0.341 e. The molecule has 1 aliphatic carbocycles. The molecule has 11 nitrogen and oxygen atoms in total. The van der Waals surface area contributed by atoms with Gasteiger partial charge in [0.1, 0.15) is 23.1 Å². The second kappa shape index (κ2) is 11.7. The molecule has 0 atom stereocenters. The lowest BCUT2D eigenvalue weighted by molar-refractivity contribution is -0.139. The number of carboxylic acids is 1. The first-order valence-corrected chi connectivity index (χ1v) is 13.7. The molecule has 2 N–H and O–H groups in total. The Kier molecular flexibility index (Phi) is 7.54. The maximum atomic E-state index is 13.1. The third-order valence-corrected chi connectivity index (χ3v) is 7.23. The van der Waals surface area contributed by atoms with Crippen LogP contribution in [-0.4, -0.2) is 55.9 Å². The summed E-state index contributed by atoms with van der Waals surface area (Å²) in [5.41, 5.74) is 3.40. The number of carbonyl (C=O) groups is 1. The van der Waals surface area contributed by atoms with Gasteiger partial charge in [-0.3, -0.25) is 4.79 Å². The van der Waals surface area contributed by atoms with E-state index in [9.17, 15) is 9.59 Å². The molecular weight excluding hydrogens is 538 g/mol. The molecule has 1 fully saturated rings. The summed E-state index contributed by atoms with van der Waals surface area (Å²) in [6.07, 6.45) is 4.15. The molecular formula is C31H29N5O6. The third kappa shape index (κ3) is 5.80. The van der Waals surface area contributed by atoms with Gasteiger partial charge in [0.05, 0.1) is 25.3 Å². The standard InChI is InChI=1S/C31H29N5O6/c1-40-22-12-9-19(10-13-22)17-36-30-28(34-35-36)31(39)33-29(32-30)25-14-11-21(16-26(25)42-23-6-2-3-7-23)20-5-4-8-24(15-20)41-18-27(37)38/h4-5,8-16,23H,2-3,6-7,17-18H2,1H3,(H,37,38)(H,32,33,39). The number of hydrogen-bond acceptors (Lipinski definition) is 8. The average Bonchev–Trinajstić information content (AvgIpc) is 3.67. The molecule has 0 spiro atoms. The maximum Gasteiger partial charge on any atom is 0.341 e. The van der Waals surface area contributed by atoms with Gasteiger partial charge in [-0.05, 0) is 78.8 Å². The zero-order valence-corrected chi connectivity index (χ0v) is 22.9. The van der Waals surface area contributed by atoms with Gasteiger partial charge in [0.15, 0.2) is 17.8 Å². The minimum absolute atomic E-state index is 0.0574. The quantitative estimate of drug-likeness (QED) is 0.246. The monoisotopic (exact) mass is 567 g/mol. The minimum Gasteiger partial charge on any atom is -0.497 e. The molecule has 1 saturated carbocycles. The number of carboxylic acid groups (broad SMARTS) is 1. The van der Waals surface area contributed by atoms with E-state index in [4.69, 9.17) is 24.3 Å². The number of hydrogen-bond donors (Lipinski definition) is 2. The first kappa shape index (κ1) is 27.0. The molecule has 0 aliphatic heterocycles. The molecule has 1 aliphatic rings. The fraction of sp³-hybridized carbons (Fsp3) is 0.258. The van der Waals surface area contributed by atoms with Crippen LogP contribution in [0.5, 0.6) is 17.2 Å². The van der Waals surface area contributed by atoms with Crippen LogP contribution in [0.2, 0.25) is 0 Å². The highest BCUT2D eigenvalue weighted by Gasteiger charge is 2.21. The summed E-state index contributed by atoms with van der Waals surface area (Å²) in [5.74, 6) is 1.09. The Hall–Kier alpha value is -5.19. The molecule has 0 bridgehead atoms. The van der Waals surface area contributed by atoms with Crippen LogP contribution in [-0.2, 0) is 11.3 Å². The molecule has 214 valence electrons. The van der Waals surface area contributed by atoms with Crippen LogP contribution in [0.15, 0.2) is 71.5 Å². The van der Waals surface area contributed by atoms with E-state index in [1.807, 2.05) is 54.6 Å².